The molecule has 0 saturated carbocycles. The van der Waals surface area contributed by atoms with Gasteiger partial charge < -0.3 is 15.7 Å². The fourth-order valence-corrected chi connectivity index (χ4v) is 3.41. The van der Waals surface area contributed by atoms with Gasteiger partial charge in [0.05, 0.1) is 17.3 Å². The van der Waals surface area contributed by atoms with Crippen LogP contribution in [0, 0.1) is 0 Å². The molecule has 0 radical (unpaired) electrons. The summed E-state index contributed by atoms with van der Waals surface area (Å²) in [5.41, 5.74) is 6.14. The highest BCUT2D eigenvalue weighted by atomic mass is 32.2. The Morgan fingerprint density at radius 3 is 2.33 bits per heavy atom. The molecule has 0 unspecified atom stereocenters. The van der Waals surface area contributed by atoms with Gasteiger partial charge in [-0.1, -0.05) is 31.3 Å². The number of nitrogens with zero attached hydrogens (tertiary/aromatic N) is 1. The quantitative estimate of drug-likeness (QED) is 0.652. The van der Waals surface area contributed by atoms with Crippen LogP contribution in [0.3, 0.4) is 0 Å². The Hall–Kier alpha value is -1.02. The third-order valence-corrected chi connectivity index (χ3v) is 5.08. The van der Waals surface area contributed by atoms with E-state index in [1.54, 1.807) is 12.1 Å². The molecule has 0 bridgehead atoms. The molecule has 7 heteroatoms. The summed E-state index contributed by atoms with van der Waals surface area (Å²) in [5.74, 6) is 0.0272. The molecule has 21 heavy (non-hydrogen) atoms. The minimum absolute atomic E-state index is 0.0272. The second kappa shape index (κ2) is 8.43. The maximum Gasteiger partial charge on any atom is 0.179 e. The molecule has 0 spiro atoms. The van der Waals surface area contributed by atoms with E-state index in [2.05, 4.69) is 0 Å². The smallest absolute Gasteiger partial charge is 0.179 e. The summed E-state index contributed by atoms with van der Waals surface area (Å²) >= 11 is 4.84. The Morgan fingerprint density at radius 1 is 1.24 bits per heavy atom. The molecule has 0 amide bonds. The van der Waals surface area contributed by atoms with E-state index in [0.717, 1.165) is 13.0 Å². The molecule has 1 rings (SSSR count). The zero-order chi connectivity index (χ0) is 15.9. The SMILES string of the molecule is CCCN(CCO)CCS(=O)(=O)c1ccc(C(N)=S)cc1. The zero-order valence-corrected chi connectivity index (χ0v) is 13.8. The molecule has 118 valence electrons. The minimum Gasteiger partial charge on any atom is -0.395 e. The molecule has 5 nitrogen and oxygen atoms in total. The van der Waals surface area contributed by atoms with Gasteiger partial charge in [-0.25, -0.2) is 8.42 Å². The van der Waals surface area contributed by atoms with Crippen molar-refractivity contribution in [3.63, 3.8) is 0 Å². The number of aliphatic hydroxyl groups is 1. The van der Waals surface area contributed by atoms with Crippen molar-refractivity contribution in [2.24, 2.45) is 5.73 Å². The lowest BCUT2D eigenvalue weighted by Crippen LogP contribution is -2.32. The van der Waals surface area contributed by atoms with Gasteiger partial charge in [0.2, 0.25) is 0 Å². The maximum atomic E-state index is 12.3. The monoisotopic (exact) mass is 330 g/mol. The van der Waals surface area contributed by atoms with E-state index in [-0.39, 0.29) is 22.2 Å². The van der Waals surface area contributed by atoms with Gasteiger partial charge >= 0.3 is 0 Å². The molecule has 0 atom stereocenters. The molecule has 1 aromatic rings. The summed E-state index contributed by atoms with van der Waals surface area (Å²) in [6.07, 6.45) is 0.919. The average Bonchev–Trinajstić information content (AvgIpc) is 2.45. The van der Waals surface area contributed by atoms with Crippen LogP contribution in [0.2, 0.25) is 0 Å². The Labute approximate surface area is 131 Å². The van der Waals surface area contributed by atoms with Crippen LogP contribution in [0.5, 0.6) is 0 Å². The third-order valence-electron chi connectivity index (χ3n) is 3.13. The normalized spacial score (nSPS) is 11.8. The van der Waals surface area contributed by atoms with Crippen molar-refractivity contribution in [1.29, 1.82) is 0 Å². The van der Waals surface area contributed by atoms with Crippen LogP contribution in [-0.4, -0.2) is 55.4 Å². The first kappa shape index (κ1) is 18.0. The number of nitrogens with two attached hydrogens (primary N) is 1. The molecule has 0 aliphatic heterocycles. The Bertz CT molecular complexity index is 550. The predicted octanol–water partition coefficient (Wildman–Crippen LogP) is 0.799. The molecular formula is C14H22N2O3S2. The van der Waals surface area contributed by atoms with Crippen molar-refractivity contribution >= 4 is 27.0 Å². The predicted molar refractivity (Wildman–Crippen MR) is 88.2 cm³/mol. The highest BCUT2D eigenvalue weighted by molar-refractivity contribution is 7.91. The highest BCUT2D eigenvalue weighted by Gasteiger charge is 2.16. The van der Waals surface area contributed by atoms with Gasteiger partial charge in [-0.2, -0.15) is 0 Å². The van der Waals surface area contributed by atoms with Crippen molar-refractivity contribution in [2.75, 3.05) is 32.0 Å². The van der Waals surface area contributed by atoms with E-state index < -0.39 is 9.84 Å². The van der Waals surface area contributed by atoms with Crippen LogP contribution >= 0.6 is 12.2 Å². The summed E-state index contributed by atoms with van der Waals surface area (Å²) in [5, 5.41) is 8.98. The summed E-state index contributed by atoms with van der Waals surface area (Å²) in [7, 11) is -3.34. The lowest BCUT2D eigenvalue weighted by Gasteiger charge is -2.20. The summed E-state index contributed by atoms with van der Waals surface area (Å²) in [6.45, 7) is 3.73. The van der Waals surface area contributed by atoms with Crippen molar-refractivity contribution in [3.05, 3.63) is 29.8 Å². The first-order valence-corrected chi connectivity index (χ1v) is 8.92. The van der Waals surface area contributed by atoms with Gasteiger partial charge in [0.25, 0.3) is 0 Å². The van der Waals surface area contributed by atoms with Crippen LogP contribution in [-0.2, 0) is 9.84 Å². The number of hydrogen-bond acceptors (Lipinski definition) is 5. The third kappa shape index (κ3) is 5.70. The minimum atomic E-state index is -3.34. The van der Waals surface area contributed by atoms with E-state index in [1.807, 2.05) is 11.8 Å². The van der Waals surface area contributed by atoms with E-state index in [9.17, 15) is 8.42 Å². The van der Waals surface area contributed by atoms with E-state index >= 15 is 0 Å². The van der Waals surface area contributed by atoms with Crippen molar-refractivity contribution < 1.29 is 13.5 Å². The Balaban J connectivity index is 2.74. The van der Waals surface area contributed by atoms with Gasteiger partial charge in [-0.05, 0) is 25.1 Å². The second-order valence-corrected chi connectivity index (χ2v) is 7.32. The standard InChI is InChI=1S/C14H22N2O3S2/c1-2-7-16(8-10-17)9-11-21(18,19)13-5-3-12(4-6-13)14(15)20/h3-6,17H,2,7-11H2,1H3,(H2,15,20). The number of hydrogen-bond donors (Lipinski definition) is 2. The number of benzene rings is 1. The fourth-order valence-electron chi connectivity index (χ4n) is 1.99. The fraction of sp³-hybridized carbons (Fsp3) is 0.500. The highest BCUT2D eigenvalue weighted by Crippen LogP contribution is 2.13. The topological polar surface area (TPSA) is 83.6 Å². The number of thiocarbonyl (C=S) groups is 1. The second-order valence-electron chi connectivity index (χ2n) is 4.77. The van der Waals surface area contributed by atoms with Crippen molar-refractivity contribution in [3.8, 4) is 0 Å². The molecular weight excluding hydrogens is 308 g/mol. The lowest BCUT2D eigenvalue weighted by atomic mass is 10.2. The molecule has 1 aromatic carbocycles. The van der Waals surface area contributed by atoms with Crippen molar-refractivity contribution in [1.82, 2.24) is 4.90 Å². The Morgan fingerprint density at radius 2 is 1.86 bits per heavy atom. The molecule has 0 heterocycles. The van der Waals surface area contributed by atoms with E-state index in [1.165, 1.54) is 12.1 Å². The largest absolute Gasteiger partial charge is 0.395 e. The van der Waals surface area contributed by atoms with E-state index in [4.69, 9.17) is 23.1 Å². The zero-order valence-electron chi connectivity index (χ0n) is 12.2. The summed E-state index contributed by atoms with van der Waals surface area (Å²) in [4.78, 5) is 2.46. The molecule has 0 aliphatic rings. The lowest BCUT2D eigenvalue weighted by molar-refractivity contribution is 0.203. The van der Waals surface area contributed by atoms with Crippen LogP contribution in [0.1, 0.15) is 18.9 Å². The van der Waals surface area contributed by atoms with Gasteiger partial charge in [-0.3, -0.25) is 0 Å². The number of aliphatic hydroxyl groups excluding tert-OH is 1. The molecule has 3 N–H and O–H groups in total. The molecule has 0 saturated heterocycles. The van der Waals surface area contributed by atoms with Gasteiger partial charge in [0.15, 0.2) is 9.84 Å². The number of sulfone groups is 1. The van der Waals surface area contributed by atoms with E-state index in [0.29, 0.717) is 18.7 Å². The van der Waals surface area contributed by atoms with Gasteiger partial charge in [0, 0.05) is 18.7 Å². The van der Waals surface area contributed by atoms with Crippen LogP contribution in [0.25, 0.3) is 0 Å². The number of rotatable bonds is 9. The van der Waals surface area contributed by atoms with Crippen LogP contribution in [0.4, 0.5) is 0 Å². The maximum absolute atomic E-state index is 12.3. The Kier molecular flexibility index (Phi) is 7.24. The van der Waals surface area contributed by atoms with Gasteiger partial charge in [0.1, 0.15) is 4.99 Å². The summed E-state index contributed by atoms with van der Waals surface area (Å²) < 4.78 is 24.5. The first-order valence-electron chi connectivity index (χ1n) is 6.86. The van der Waals surface area contributed by atoms with Crippen LogP contribution in [0.15, 0.2) is 29.2 Å². The average molecular weight is 330 g/mol. The molecule has 0 aromatic heterocycles. The first-order chi connectivity index (χ1) is 9.90. The van der Waals surface area contributed by atoms with Crippen LogP contribution < -0.4 is 5.73 Å². The molecule has 0 fully saturated rings. The molecule has 0 aliphatic carbocycles. The van der Waals surface area contributed by atoms with Gasteiger partial charge in [-0.15, -0.1) is 0 Å². The van der Waals surface area contributed by atoms with Crippen molar-refractivity contribution in [2.45, 2.75) is 18.2 Å². The summed E-state index contributed by atoms with van der Waals surface area (Å²) in [6, 6.07) is 6.29.